The third kappa shape index (κ3) is 3.29. The number of hydrogen-bond donors (Lipinski definition) is 2. The summed E-state index contributed by atoms with van der Waals surface area (Å²) < 4.78 is 0. The van der Waals surface area contributed by atoms with Crippen LogP contribution in [-0.2, 0) is 16.9 Å². The molecule has 1 saturated carbocycles. The van der Waals surface area contributed by atoms with E-state index in [0.29, 0.717) is 16.5 Å². The summed E-state index contributed by atoms with van der Waals surface area (Å²) in [6.45, 7) is 1.73. The van der Waals surface area contributed by atoms with Gasteiger partial charge < -0.3 is 10.4 Å². The van der Waals surface area contributed by atoms with Crippen LogP contribution in [0.5, 0.6) is 0 Å². The number of halogens is 1. The molecule has 1 aromatic heterocycles. The topological polar surface area (TPSA) is 75.1 Å². The van der Waals surface area contributed by atoms with E-state index in [0.717, 1.165) is 10.0 Å². The van der Waals surface area contributed by atoms with Gasteiger partial charge in [-0.15, -0.1) is 10.2 Å². The van der Waals surface area contributed by atoms with Crippen molar-refractivity contribution in [1.29, 1.82) is 0 Å². The number of hydrogen-bond acceptors (Lipinski definition) is 5. The number of rotatable bonds is 5. The summed E-state index contributed by atoms with van der Waals surface area (Å²) in [4.78, 5) is 12.2. The fourth-order valence-electron chi connectivity index (χ4n) is 2.07. The summed E-state index contributed by atoms with van der Waals surface area (Å²) >= 11 is 7.34. The number of nitrogens with zero attached hydrogens (tertiary/aromatic N) is 2. The second-order valence-corrected chi connectivity index (χ2v) is 7.10. The third-order valence-corrected chi connectivity index (χ3v) is 5.00. The number of aliphatic hydroxyl groups is 1. The second-order valence-electron chi connectivity index (χ2n) is 5.57. The molecular weight excluding hydrogens is 322 g/mol. The van der Waals surface area contributed by atoms with Gasteiger partial charge in [-0.2, -0.15) is 0 Å². The smallest absolute Gasteiger partial charge is 0.256 e. The molecule has 0 radical (unpaired) electrons. The lowest BCUT2D eigenvalue weighted by atomic mass is 9.95. The third-order valence-electron chi connectivity index (χ3n) is 3.66. The van der Waals surface area contributed by atoms with E-state index in [-0.39, 0.29) is 6.54 Å². The van der Waals surface area contributed by atoms with Crippen LogP contribution < -0.4 is 5.32 Å². The van der Waals surface area contributed by atoms with Gasteiger partial charge in [-0.25, -0.2) is 0 Å². The minimum absolute atomic E-state index is 0.271. The maximum absolute atomic E-state index is 12.2. The van der Waals surface area contributed by atoms with Gasteiger partial charge in [0.2, 0.25) is 0 Å². The molecule has 1 aliphatic rings. The average Bonchev–Trinajstić information content (AvgIpc) is 3.24. The fourth-order valence-corrected chi connectivity index (χ4v) is 3.14. The molecule has 1 atom stereocenters. The van der Waals surface area contributed by atoms with Gasteiger partial charge in [0.1, 0.15) is 10.0 Å². The molecule has 1 aliphatic carbocycles. The van der Waals surface area contributed by atoms with Gasteiger partial charge in [0, 0.05) is 10.9 Å². The first kappa shape index (κ1) is 15.4. The van der Waals surface area contributed by atoms with Gasteiger partial charge in [0.15, 0.2) is 5.60 Å². The normalized spacial score (nSPS) is 17.0. The van der Waals surface area contributed by atoms with Crippen molar-refractivity contribution in [3.05, 3.63) is 44.9 Å². The quantitative estimate of drug-likeness (QED) is 0.879. The SMILES string of the molecule is CC(O)(C(=O)NCc1nnc(C2CC2)s1)c1ccc(Cl)cc1. The van der Waals surface area contributed by atoms with Crippen LogP contribution in [0.15, 0.2) is 24.3 Å². The minimum Gasteiger partial charge on any atom is -0.376 e. The Morgan fingerprint density at radius 2 is 2.09 bits per heavy atom. The highest BCUT2D eigenvalue weighted by molar-refractivity contribution is 7.11. The van der Waals surface area contributed by atoms with Gasteiger partial charge in [0.05, 0.1) is 6.54 Å². The highest BCUT2D eigenvalue weighted by Gasteiger charge is 2.32. The van der Waals surface area contributed by atoms with Crippen molar-refractivity contribution in [2.45, 2.75) is 37.8 Å². The Labute approximate surface area is 137 Å². The van der Waals surface area contributed by atoms with Crippen LogP contribution in [0.4, 0.5) is 0 Å². The zero-order valence-corrected chi connectivity index (χ0v) is 13.6. The average molecular weight is 338 g/mol. The molecule has 1 amide bonds. The van der Waals surface area contributed by atoms with Crippen molar-refractivity contribution < 1.29 is 9.90 Å². The van der Waals surface area contributed by atoms with Crippen molar-refractivity contribution >= 4 is 28.8 Å². The second kappa shape index (κ2) is 5.95. The van der Waals surface area contributed by atoms with Gasteiger partial charge in [0.25, 0.3) is 5.91 Å². The van der Waals surface area contributed by atoms with Gasteiger partial charge >= 0.3 is 0 Å². The van der Waals surface area contributed by atoms with Crippen LogP contribution in [0.1, 0.15) is 41.3 Å². The molecule has 1 fully saturated rings. The molecule has 0 aliphatic heterocycles. The lowest BCUT2D eigenvalue weighted by molar-refractivity contribution is -0.139. The summed E-state index contributed by atoms with van der Waals surface area (Å²) in [5, 5.41) is 23.7. The van der Waals surface area contributed by atoms with Crippen LogP contribution in [0.3, 0.4) is 0 Å². The molecule has 1 aromatic carbocycles. The van der Waals surface area contributed by atoms with Crippen LogP contribution in [-0.4, -0.2) is 21.2 Å². The molecule has 5 nitrogen and oxygen atoms in total. The Balaban J connectivity index is 1.63. The van der Waals surface area contributed by atoms with E-state index in [1.807, 2.05) is 0 Å². The molecule has 22 heavy (non-hydrogen) atoms. The molecule has 116 valence electrons. The van der Waals surface area contributed by atoms with Gasteiger partial charge in [-0.1, -0.05) is 35.1 Å². The number of amides is 1. The zero-order valence-electron chi connectivity index (χ0n) is 12.0. The van der Waals surface area contributed by atoms with Crippen molar-refractivity contribution in [3.63, 3.8) is 0 Å². The molecular formula is C15H16ClN3O2S. The summed E-state index contributed by atoms with van der Waals surface area (Å²) in [6, 6.07) is 6.56. The van der Waals surface area contributed by atoms with Crippen molar-refractivity contribution in [1.82, 2.24) is 15.5 Å². The van der Waals surface area contributed by atoms with Crippen LogP contribution >= 0.6 is 22.9 Å². The summed E-state index contributed by atoms with van der Waals surface area (Å²) in [6.07, 6.45) is 2.35. The number of carbonyl (C=O) groups excluding carboxylic acids is 1. The maximum Gasteiger partial charge on any atom is 0.256 e. The van der Waals surface area contributed by atoms with Crippen molar-refractivity contribution in [2.24, 2.45) is 0 Å². The number of nitrogens with one attached hydrogen (secondary N) is 1. The molecule has 1 unspecified atom stereocenters. The Morgan fingerprint density at radius 1 is 1.41 bits per heavy atom. The van der Waals surface area contributed by atoms with E-state index in [1.165, 1.54) is 31.1 Å². The predicted molar refractivity (Wildman–Crippen MR) is 84.8 cm³/mol. The van der Waals surface area contributed by atoms with E-state index in [2.05, 4.69) is 15.5 Å². The monoisotopic (exact) mass is 337 g/mol. The minimum atomic E-state index is -1.62. The Bertz CT molecular complexity index is 680. The predicted octanol–water partition coefficient (Wildman–Crippen LogP) is 2.59. The van der Waals surface area contributed by atoms with Crippen molar-refractivity contribution in [2.75, 3.05) is 0 Å². The van der Waals surface area contributed by atoms with Gasteiger partial charge in [-0.3, -0.25) is 4.79 Å². The van der Waals surface area contributed by atoms with Crippen LogP contribution in [0.25, 0.3) is 0 Å². The molecule has 0 spiro atoms. The Hall–Kier alpha value is -1.50. The first-order valence-corrected chi connectivity index (χ1v) is 8.25. The van der Waals surface area contributed by atoms with Crippen molar-refractivity contribution in [3.8, 4) is 0 Å². The van der Waals surface area contributed by atoms with E-state index < -0.39 is 11.5 Å². The highest BCUT2D eigenvalue weighted by Crippen LogP contribution is 2.41. The summed E-state index contributed by atoms with van der Waals surface area (Å²) in [7, 11) is 0. The number of benzene rings is 1. The molecule has 0 saturated heterocycles. The first-order valence-electron chi connectivity index (χ1n) is 7.06. The molecule has 7 heteroatoms. The molecule has 1 heterocycles. The lowest BCUT2D eigenvalue weighted by Crippen LogP contribution is -2.41. The van der Waals surface area contributed by atoms with Crippen LogP contribution in [0.2, 0.25) is 5.02 Å². The standard InChI is InChI=1S/C15H16ClN3O2S/c1-15(21,10-4-6-11(16)7-5-10)14(20)17-8-12-18-19-13(22-12)9-2-3-9/h4-7,9,21H,2-3,8H2,1H3,(H,17,20). The number of aromatic nitrogens is 2. The van der Waals surface area contributed by atoms with Gasteiger partial charge in [-0.05, 0) is 37.5 Å². The largest absolute Gasteiger partial charge is 0.376 e. The molecule has 2 aromatic rings. The van der Waals surface area contributed by atoms with E-state index in [9.17, 15) is 9.90 Å². The molecule has 2 N–H and O–H groups in total. The fraction of sp³-hybridized carbons (Fsp3) is 0.400. The lowest BCUT2D eigenvalue weighted by Gasteiger charge is -2.22. The number of carbonyl (C=O) groups is 1. The molecule has 0 bridgehead atoms. The van der Waals surface area contributed by atoms with E-state index in [4.69, 9.17) is 11.6 Å². The van der Waals surface area contributed by atoms with E-state index in [1.54, 1.807) is 24.3 Å². The molecule has 3 rings (SSSR count). The maximum atomic E-state index is 12.2. The Morgan fingerprint density at radius 3 is 2.73 bits per heavy atom. The first-order chi connectivity index (χ1) is 10.5. The Kier molecular flexibility index (Phi) is 4.16. The van der Waals surface area contributed by atoms with Crippen LogP contribution in [0, 0.1) is 0 Å². The summed E-state index contributed by atoms with van der Waals surface area (Å²) in [5.74, 6) is 0.0807. The highest BCUT2D eigenvalue weighted by atomic mass is 35.5. The van der Waals surface area contributed by atoms with E-state index >= 15 is 0 Å². The zero-order chi connectivity index (χ0) is 15.7. The summed E-state index contributed by atoms with van der Waals surface area (Å²) in [5.41, 5.74) is -1.13.